The predicted molar refractivity (Wildman–Crippen MR) is 187 cm³/mol. The lowest BCUT2D eigenvalue weighted by atomic mass is 9.91. The smallest absolute Gasteiger partial charge is 0.0947 e. The van der Waals surface area contributed by atoms with Crippen LogP contribution in [0.5, 0.6) is 0 Å². The fourth-order valence-electron chi connectivity index (χ4n) is 6.86. The second kappa shape index (κ2) is 9.93. The fourth-order valence-corrected chi connectivity index (χ4v) is 6.86. The van der Waals surface area contributed by atoms with E-state index in [-0.39, 0.29) is 6.04 Å². The second-order valence-electron chi connectivity index (χ2n) is 11.6. The minimum Gasteiger partial charge on any atom is -0.372 e. The minimum atomic E-state index is 0.115. The van der Waals surface area contributed by atoms with Crippen LogP contribution in [0, 0.1) is 0 Å². The summed E-state index contributed by atoms with van der Waals surface area (Å²) in [6, 6.07) is 52.5. The van der Waals surface area contributed by atoms with Crippen LogP contribution in [0.1, 0.15) is 17.2 Å². The van der Waals surface area contributed by atoms with E-state index in [1.807, 2.05) is 0 Å². The van der Waals surface area contributed by atoms with Crippen molar-refractivity contribution in [2.45, 2.75) is 6.04 Å². The number of fused-ring (bicyclic) bond motifs is 9. The topological polar surface area (TPSA) is 24.9 Å². The van der Waals surface area contributed by atoms with Crippen molar-refractivity contribution >= 4 is 55.0 Å². The molecule has 1 aromatic heterocycles. The van der Waals surface area contributed by atoms with Gasteiger partial charge in [-0.3, -0.25) is 0 Å². The lowest BCUT2D eigenvalue weighted by molar-refractivity contribution is 0.981. The summed E-state index contributed by atoms with van der Waals surface area (Å²) in [5.41, 5.74) is 8.96. The third kappa shape index (κ3) is 4.00. The molecule has 0 bridgehead atoms. The van der Waals surface area contributed by atoms with Crippen molar-refractivity contribution < 1.29 is 0 Å². The van der Waals surface area contributed by atoms with E-state index in [1.165, 1.54) is 54.6 Å². The summed E-state index contributed by atoms with van der Waals surface area (Å²) >= 11 is 0. The van der Waals surface area contributed by atoms with Gasteiger partial charge in [-0.15, -0.1) is 0 Å². The van der Waals surface area contributed by atoms with E-state index in [4.69, 9.17) is 4.98 Å². The van der Waals surface area contributed by atoms with Gasteiger partial charge in [-0.1, -0.05) is 140 Å². The van der Waals surface area contributed by atoms with E-state index < -0.39 is 0 Å². The third-order valence-electron chi connectivity index (χ3n) is 9.06. The fraction of sp³-hybridized carbons (Fsp3) is 0.0238. The maximum Gasteiger partial charge on any atom is 0.0947 e. The molecule has 1 aliphatic rings. The van der Waals surface area contributed by atoms with Crippen molar-refractivity contribution in [1.29, 1.82) is 0 Å². The van der Waals surface area contributed by atoms with Crippen molar-refractivity contribution in [2.24, 2.45) is 0 Å². The molecule has 44 heavy (non-hydrogen) atoms. The molecule has 1 atom stereocenters. The first-order chi connectivity index (χ1) is 21.8. The van der Waals surface area contributed by atoms with Gasteiger partial charge in [0.2, 0.25) is 0 Å². The molecule has 2 heterocycles. The molecule has 8 aromatic rings. The summed E-state index contributed by atoms with van der Waals surface area (Å²) in [5, 5.41) is 12.6. The summed E-state index contributed by atoms with van der Waals surface area (Å²) in [4.78, 5) is 5.25. The Hall–Kier alpha value is -5.73. The van der Waals surface area contributed by atoms with Gasteiger partial charge < -0.3 is 5.32 Å². The van der Waals surface area contributed by atoms with Gasteiger partial charge in [0.25, 0.3) is 0 Å². The van der Waals surface area contributed by atoms with Crippen LogP contribution in [0.4, 0.5) is 5.69 Å². The van der Waals surface area contributed by atoms with E-state index in [1.54, 1.807) is 0 Å². The quantitative estimate of drug-likeness (QED) is 0.217. The van der Waals surface area contributed by atoms with Gasteiger partial charge >= 0.3 is 0 Å². The zero-order chi connectivity index (χ0) is 29.0. The molecule has 0 saturated carbocycles. The molecule has 0 spiro atoms. The Morgan fingerprint density at radius 1 is 0.477 bits per heavy atom. The Bertz CT molecular complexity index is 2390. The Morgan fingerprint density at radius 2 is 1.11 bits per heavy atom. The normalized spacial score (nSPS) is 14.2. The minimum absolute atomic E-state index is 0.115. The maximum absolute atomic E-state index is 5.25. The number of pyridine rings is 1. The highest BCUT2D eigenvalue weighted by Crippen LogP contribution is 2.39. The average Bonchev–Trinajstić information content (AvgIpc) is 3.11. The van der Waals surface area contributed by atoms with Crippen molar-refractivity contribution in [3.63, 3.8) is 0 Å². The Labute approximate surface area is 255 Å². The summed E-state index contributed by atoms with van der Waals surface area (Å²) in [6.07, 6.45) is 4.44. The molecule has 0 aliphatic carbocycles. The monoisotopic (exact) mass is 560 g/mol. The first-order valence-electron chi connectivity index (χ1n) is 15.2. The van der Waals surface area contributed by atoms with Gasteiger partial charge in [0.1, 0.15) is 0 Å². The van der Waals surface area contributed by atoms with E-state index in [2.05, 4.69) is 163 Å². The van der Waals surface area contributed by atoms with Crippen molar-refractivity contribution in [3.8, 4) is 22.4 Å². The number of benzene rings is 7. The van der Waals surface area contributed by atoms with E-state index in [0.29, 0.717) is 0 Å². The third-order valence-corrected chi connectivity index (χ3v) is 9.06. The van der Waals surface area contributed by atoms with Crippen LogP contribution in [0.15, 0.2) is 152 Å². The van der Waals surface area contributed by atoms with Crippen LogP contribution in [0.2, 0.25) is 0 Å². The van der Waals surface area contributed by atoms with Crippen LogP contribution in [0.25, 0.3) is 71.7 Å². The van der Waals surface area contributed by atoms with E-state index >= 15 is 0 Å². The van der Waals surface area contributed by atoms with Crippen molar-refractivity contribution in [2.75, 3.05) is 5.32 Å². The standard InChI is InChI=1S/C42H28N2/c1-2-9-27(10-3-1)39-23-20-28-17-18-29-21-24-40(44-42(29)41(28)43-39)32-12-8-11-30(25-32)31-19-22-37-35-15-5-4-13-33(35)34-14-6-7-16-36(34)38(37)26-31/h1-26,39,43H. The Morgan fingerprint density at radius 3 is 1.89 bits per heavy atom. The van der Waals surface area contributed by atoms with Crippen LogP contribution in [-0.2, 0) is 0 Å². The van der Waals surface area contributed by atoms with Gasteiger partial charge in [-0.05, 0) is 72.8 Å². The Balaban J connectivity index is 1.15. The van der Waals surface area contributed by atoms with Gasteiger partial charge in [-0.25, -0.2) is 4.98 Å². The van der Waals surface area contributed by atoms with Gasteiger partial charge in [0, 0.05) is 10.9 Å². The van der Waals surface area contributed by atoms with Crippen LogP contribution < -0.4 is 5.32 Å². The number of anilines is 1. The number of rotatable bonds is 3. The SMILES string of the molecule is C1=CC(c2ccccc2)Nc2c1ccc1ccc(-c3cccc(-c4ccc5c6ccccc6c6ccccc6c5c4)c3)nc21. The number of nitrogens with zero attached hydrogens (tertiary/aromatic N) is 1. The Kier molecular flexibility index (Phi) is 5.60. The molecule has 0 saturated heterocycles. The molecule has 9 rings (SSSR count). The van der Waals surface area contributed by atoms with E-state index in [9.17, 15) is 0 Å². The maximum atomic E-state index is 5.25. The number of hydrogen-bond donors (Lipinski definition) is 1. The second-order valence-corrected chi connectivity index (χ2v) is 11.6. The molecule has 7 aromatic carbocycles. The summed E-state index contributed by atoms with van der Waals surface area (Å²) < 4.78 is 0. The highest BCUT2D eigenvalue weighted by Gasteiger charge is 2.18. The molecule has 2 heteroatoms. The van der Waals surface area contributed by atoms with Gasteiger partial charge in [-0.2, -0.15) is 0 Å². The molecular formula is C42H28N2. The lowest BCUT2D eigenvalue weighted by Gasteiger charge is -2.24. The molecule has 0 fully saturated rings. The summed E-state index contributed by atoms with van der Waals surface area (Å²) in [5.74, 6) is 0. The van der Waals surface area contributed by atoms with Crippen LogP contribution in [0.3, 0.4) is 0 Å². The average molecular weight is 561 g/mol. The van der Waals surface area contributed by atoms with Crippen LogP contribution in [-0.4, -0.2) is 4.98 Å². The molecule has 0 radical (unpaired) electrons. The van der Waals surface area contributed by atoms with Crippen molar-refractivity contribution in [1.82, 2.24) is 4.98 Å². The van der Waals surface area contributed by atoms with Gasteiger partial charge in [0.05, 0.1) is 22.9 Å². The zero-order valence-electron chi connectivity index (χ0n) is 24.0. The van der Waals surface area contributed by atoms with Gasteiger partial charge in [0.15, 0.2) is 0 Å². The first-order valence-corrected chi connectivity index (χ1v) is 15.2. The van der Waals surface area contributed by atoms with Crippen LogP contribution >= 0.6 is 0 Å². The highest BCUT2D eigenvalue weighted by atomic mass is 14.9. The largest absolute Gasteiger partial charge is 0.372 e. The highest BCUT2D eigenvalue weighted by molar-refractivity contribution is 6.25. The first kappa shape index (κ1) is 24.8. The van der Waals surface area contributed by atoms with E-state index in [0.717, 1.165) is 27.8 Å². The number of hydrogen-bond acceptors (Lipinski definition) is 2. The molecule has 0 amide bonds. The predicted octanol–water partition coefficient (Wildman–Crippen LogP) is 11.2. The molecule has 1 aliphatic heterocycles. The summed E-state index contributed by atoms with van der Waals surface area (Å²) in [6.45, 7) is 0. The lowest BCUT2D eigenvalue weighted by Crippen LogP contribution is -2.12. The molecule has 1 unspecified atom stereocenters. The molecular weight excluding hydrogens is 532 g/mol. The summed E-state index contributed by atoms with van der Waals surface area (Å²) in [7, 11) is 0. The zero-order valence-corrected chi connectivity index (χ0v) is 24.0. The molecule has 2 nitrogen and oxygen atoms in total. The number of aromatic nitrogens is 1. The number of nitrogens with one attached hydrogen (secondary N) is 1. The van der Waals surface area contributed by atoms with Crippen molar-refractivity contribution in [3.05, 3.63) is 163 Å². The molecule has 206 valence electrons. The molecule has 1 N–H and O–H groups in total.